The number of carbonyl (C=O) groups is 3. The van der Waals surface area contributed by atoms with E-state index in [1.54, 1.807) is 6.92 Å². The Balaban J connectivity index is 2.59. The van der Waals surface area contributed by atoms with E-state index < -0.39 is 5.91 Å². The number of hydrogen-bond donors (Lipinski definition) is 2. The predicted molar refractivity (Wildman–Crippen MR) is 51.2 cm³/mol. The fourth-order valence-corrected chi connectivity index (χ4v) is 1.35. The first-order valence-electron chi connectivity index (χ1n) is 4.63. The highest BCUT2D eigenvalue weighted by Crippen LogP contribution is 2.03. The lowest BCUT2D eigenvalue weighted by atomic mass is 10.3. The summed E-state index contributed by atoms with van der Waals surface area (Å²) in [5, 5.41) is 0. The van der Waals surface area contributed by atoms with Crippen molar-refractivity contribution in [3.8, 4) is 0 Å². The number of carbonyl (C=O) groups excluding carboxylic acids is 3. The number of rotatable bonds is 3. The summed E-state index contributed by atoms with van der Waals surface area (Å²) in [6.07, 6.45) is 0. The zero-order valence-electron chi connectivity index (χ0n) is 8.52. The standard InChI is InChI=1S/C8H14N4O3/c1-2-11-4-8(15)12(5-7(11)14)3-6(13)10-9/h2-5,9H2,1H3,(H,10,13). The molecule has 0 aliphatic carbocycles. The van der Waals surface area contributed by atoms with Gasteiger partial charge in [0.25, 0.3) is 5.91 Å². The van der Waals surface area contributed by atoms with Gasteiger partial charge in [0.1, 0.15) is 13.1 Å². The fraction of sp³-hybridized carbons (Fsp3) is 0.625. The van der Waals surface area contributed by atoms with E-state index in [-0.39, 0.29) is 31.4 Å². The normalized spacial score (nSPS) is 16.9. The van der Waals surface area contributed by atoms with Gasteiger partial charge in [-0.2, -0.15) is 0 Å². The van der Waals surface area contributed by atoms with E-state index in [9.17, 15) is 14.4 Å². The molecule has 1 heterocycles. The molecule has 0 unspecified atom stereocenters. The third-order valence-electron chi connectivity index (χ3n) is 2.23. The molecule has 1 fully saturated rings. The summed E-state index contributed by atoms with van der Waals surface area (Å²) in [6, 6.07) is 0. The summed E-state index contributed by atoms with van der Waals surface area (Å²) >= 11 is 0. The summed E-state index contributed by atoms with van der Waals surface area (Å²) in [4.78, 5) is 36.5. The van der Waals surface area contributed by atoms with Crippen molar-refractivity contribution in [1.29, 1.82) is 0 Å². The summed E-state index contributed by atoms with van der Waals surface area (Å²) < 4.78 is 0. The molecule has 0 aromatic heterocycles. The van der Waals surface area contributed by atoms with Gasteiger partial charge in [0.2, 0.25) is 11.8 Å². The Hall–Kier alpha value is -1.63. The van der Waals surface area contributed by atoms with Crippen molar-refractivity contribution < 1.29 is 14.4 Å². The Morgan fingerprint density at radius 2 is 1.87 bits per heavy atom. The van der Waals surface area contributed by atoms with E-state index in [0.29, 0.717) is 6.54 Å². The molecule has 0 atom stereocenters. The van der Waals surface area contributed by atoms with Gasteiger partial charge < -0.3 is 9.80 Å². The van der Waals surface area contributed by atoms with E-state index in [2.05, 4.69) is 0 Å². The number of piperazine rings is 1. The van der Waals surface area contributed by atoms with E-state index in [4.69, 9.17) is 5.84 Å². The highest BCUT2D eigenvalue weighted by atomic mass is 16.2. The van der Waals surface area contributed by atoms with Crippen LogP contribution >= 0.6 is 0 Å². The topological polar surface area (TPSA) is 95.7 Å². The Morgan fingerprint density at radius 1 is 1.33 bits per heavy atom. The van der Waals surface area contributed by atoms with Gasteiger partial charge >= 0.3 is 0 Å². The van der Waals surface area contributed by atoms with Gasteiger partial charge in [-0.25, -0.2) is 5.84 Å². The molecule has 84 valence electrons. The number of hydrogen-bond acceptors (Lipinski definition) is 4. The largest absolute Gasteiger partial charge is 0.332 e. The molecule has 1 aliphatic heterocycles. The molecule has 7 heteroatoms. The van der Waals surface area contributed by atoms with Crippen LogP contribution in [0.4, 0.5) is 0 Å². The number of nitrogens with two attached hydrogens (primary N) is 1. The minimum atomic E-state index is -0.485. The molecule has 7 nitrogen and oxygen atoms in total. The molecule has 0 bridgehead atoms. The van der Waals surface area contributed by atoms with Gasteiger partial charge in [0.05, 0.1) is 6.54 Å². The minimum absolute atomic E-state index is 0.0349. The van der Waals surface area contributed by atoms with Crippen LogP contribution in [-0.4, -0.2) is 53.7 Å². The third-order valence-corrected chi connectivity index (χ3v) is 2.23. The van der Waals surface area contributed by atoms with Crippen molar-refractivity contribution in [3.63, 3.8) is 0 Å². The van der Waals surface area contributed by atoms with Gasteiger partial charge in [0, 0.05) is 6.54 Å². The SMILES string of the molecule is CCN1CC(=O)N(CC(=O)NN)CC1=O. The molecule has 0 aromatic carbocycles. The molecular formula is C8H14N4O3. The highest BCUT2D eigenvalue weighted by molar-refractivity contribution is 5.94. The predicted octanol–water partition coefficient (Wildman–Crippen LogP) is -2.33. The van der Waals surface area contributed by atoms with Crippen LogP contribution in [0.15, 0.2) is 0 Å². The third kappa shape index (κ3) is 2.66. The van der Waals surface area contributed by atoms with Crippen LogP contribution in [0.1, 0.15) is 6.92 Å². The molecule has 3 N–H and O–H groups in total. The van der Waals surface area contributed by atoms with Gasteiger partial charge in [-0.05, 0) is 6.92 Å². The van der Waals surface area contributed by atoms with Crippen LogP contribution in [0.2, 0.25) is 0 Å². The molecule has 1 saturated heterocycles. The van der Waals surface area contributed by atoms with E-state index in [0.717, 1.165) is 0 Å². The maximum atomic E-state index is 11.5. The summed E-state index contributed by atoms with van der Waals surface area (Å²) in [7, 11) is 0. The van der Waals surface area contributed by atoms with Crippen molar-refractivity contribution in [2.45, 2.75) is 6.92 Å². The fourth-order valence-electron chi connectivity index (χ4n) is 1.35. The zero-order valence-corrected chi connectivity index (χ0v) is 8.52. The maximum Gasteiger partial charge on any atom is 0.253 e. The smallest absolute Gasteiger partial charge is 0.253 e. The van der Waals surface area contributed by atoms with Crippen molar-refractivity contribution >= 4 is 17.7 Å². The van der Waals surface area contributed by atoms with Crippen LogP contribution in [0.25, 0.3) is 0 Å². The molecule has 0 radical (unpaired) electrons. The monoisotopic (exact) mass is 214 g/mol. The molecule has 0 aromatic rings. The zero-order chi connectivity index (χ0) is 11.4. The Morgan fingerprint density at radius 3 is 2.40 bits per heavy atom. The van der Waals surface area contributed by atoms with Gasteiger partial charge in [0.15, 0.2) is 0 Å². The molecule has 1 rings (SSSR count). The molecule has 1 aliphatic rings. The lowest BCUT2D eigenvalue weighted by Gasteiger charge is -2.32. The second-order valence-corrected chi connectivity index (χ2v) is 3.23. The second kappa shape index (κ2) is 4.74. The first-order valence-corrected chi connectivity index (χ1v) is 4.63. The van der Waals surface area contributed by atoms with Crippen LogP contribution in [0, 0.1) is 0 Å². The second-order valence-electron chi connectivity index (χ2n) is 3.23. The Labute approximate surface area is 87.2 Å². The van der Waals surface area contributed by atoms with Gasteiger partial charge in [-0.3, -0.25) is 19.8 Å². The number of likely N-dealkylation sites (N-methyl/N-ethyl adjacent to an activating group) is 1. The number of amides is 3. The summed E-state index contributed by atoms with van der Waals surface area (Å²) in [6.45, 7) is 2.11. The quantitative estimate of drug-likeness (QED) is 0.313. The van der Waals surface area contributed by atoms with Crippen LogP contribution < -0.4 is 11.3 Å². The maximum absolute atomic E-state index is 11.5. The average molecular weight is 214 g/mol. The summed E-state index contributed by atoms with van der Waals surface area (Å²) in [5.41, 5.74) is 1.92. The molecule has 0 saturated carbocycles. The van der Waals surface area contributed by atoms with E-state index in [1.165, 1.54) is 9.80 Å². The van der Waals surface area contributed by atoms with Crippen LogP contribution in [0.5, 0.6) is 0 Å². The highest BCUT2D eigenvalue weighted by Gasteiger charge is 2.29. The molecular weight excluding hydrogens is 200 g/mol. The number of nitrogens with one attached hydrogen (secondary N) is 1. The van der Waals surface area contributed by atoms with E-state index >= 15 is 0 Å². The molecule has 3 amide bonds. The first kappa shape index (κ1) is 11.4. The minimum Gasteiger partial charge on any atom is -0.332 e. The van der Waals surface area contributed by atoms with Crippen LogP contribution in [0.3, 0.4) is 0 Å². The van der Waals surface area contributed by atoms with Gasteiger partial charge in [-0.1, -0.05) is 0 Å². The first-order chi connectivity index (χ1) is 7.08. The van der Waals surface area contributed by atoms with Crippen molar-refractivity contribution in [2.24, 2.45) is 5.84 Å². The average Bonchev–Trinajstić information content (AvgIpc) is 2.22. The van der Waals surface area contributed by atoms with Crippen molar-refractivity contribution in [1.82, 2.24) is 15.2 Å². The van der Waals surface area contributed by atoms with Gasteiger partial charge in [-0.15, -0.1) is 0 Å². The lowest BCUT2D eigenvalue weighted by Crippen LogP contribution is -2.56. The number of nitrogens with zero attached hydrogens (tertiary/aromatic N) is 2. The van der Waals surface area contributed by atoms with Crippen LogP contribution in [-0.2, 0) is 14.4 Å². The summed E-state index contributed by atoms with van der Waals surface area (Å²) in [5.74, 6) is 4.02. The number of hydrazine groups is 1. The van der Waals surface area contributed by atoms with Crippen molar-refractivity contribution in [3.05, 3.63) is 0 Å². The lowest BCUT2D eigenvalue weighted by molar-refractivity contribution is -0.151. The molecule has 0 spiro atoms. The van der Waals surface area contributed by atoms with Crippen molar-refractivity contribution in [2.75, 3.05) is 26.2 Å². The Bertz CT molecular complexity index is 292. The Kier molecular flexibility index (Phi) is 3.62. The molecule has 15 heavy (non-hydrogen) atoms. The van der Waals surface area contributed by atoms with E-state index in [1.807, 2.05) is 5.43 Å².